The van der Waals surface area contributed by atoms with Crippen molar-refractivity contribution < 1.29 is 22.8 Å². The van der Waals surface area contributed by atoms with Crippen molar-refractivity contribution in [3.05, 3.63) is 29.8 Å². The summed E-state index contributed by atoms with van der Waals surface area (Å²) in [5.41, 5.74) is 4.20. The molecule has 0 radical (unpaired) electrons. The number of rotatable bonds is 5. The first kappa shape index (κ1) is 16.4. The van der Waals surface area contributed by atoms with Crippen LogP contribution in [-0.2, 0) is 15.8 Å². The Balaban J connectivity index is 2.58. The molecule has 8 heteroatoms. The van der Waals surface area contributed by atoms with Gasteiger partial charge in [-0.15, -0.1) is 11.8 Å². The Kier molecular flexibility index (Phi) is 5.43. The van der Waals surface area contributed by atoms with Gasteiger partial charge in [-0.1, -0.05) is 6.07 Å². The fraction of sp³-hybridized carbons (Fsp3) is 0.333. The zero-order chi connectivity index (χ0) is 15.3. The molecule has 0 saturated heterocycles. The molecular weight excluding hydrogens is 293 g/mol. The Morgan fingerprint density at radius 1 is 1.40 bits per heavy atom. The molecule has 1 aromatic rings. The van der Waals surface area contributed by atoms with Crippen molar-refractivity contribution in [3.8, 4) is 0 Å². The monoisotopic (exact) mass is 306 g/mol. The van der Waals surface area contributed by atoms with Crippen LogP contribution in [0.1, 0.15) is 12.5 Å². The van der Waals surface area contributed by atoms with Gasteiger partial charge in [-0.3, -0.25) is 9.59 Å². The average molecular weight is 306 g/mol. The number of alkyl halides is 3. The second-order valence-corrected chi connectivity index (χ2v) is 5.05. The molecule has 0 aromatic heterocycles. The molecule has 0 fully saturated rings. The van der Waals surface area contributed by atoms with Crippen LogP contribution in [0.4, 0.5) is 13.2 Å². The number of benzene rings is 1. The summed E-state index contributed by atoms with van der Waals surface area (Å²) in [4.78, 5) is 22.5. The van der Waals surface area contributed by atoms with Crippen molar-refractivity contribution in [2.75, 3.05) is 5.75 Å². The van der Waals surface area contributed by atoms with E-state index in [2.05, 4.69) is 5.32 Å². The van der Waals surface area contributed by atoms with Gasteiger partial charge in [0, 0.05) is 4.90 Å². The van der Waals surface area contributed by atoms with E-state index in [1.807, 2.05) is 0 Å². The van der Waals surface area contributed by atoms with E-state index in [9.17, 15) is 22.8 Å². The minimum absolute atomic E-state index is 0.0983. The van der Waals surface area contributed by atoms with Gasteiger partial charge in [0.15, 0.2) is 0 Å². The topological polar surface area (TPSA) is 72.2 Å². The number of carbonyl (C=O) groups is 2. The van der Waals surface area contributed by atoms with Gasteiger partial charge in [0.05, 0.1) is 11.3 Å². The zero-order valence-corrected chi connectivity index (χ0v) is 11.3. The summed E-state index contributed by atoms with van der Waals surface area (Å²) in [7, 11) is 0. The fourth-order valence-corrected chi connectivity index (χ4v) is 2.03. The van der Waals surface area contributed by atoms with Crippen molar-refractivity contribution in [1.29, 1.82) is 0 Å². The first-order valence-corrected chi connectivity index (χ1v) is 6.57. The van der Waals surface area contributed by atoms with Crippen molar-refractivity contribution in [2.45, 2.75) is 24.0 Å². The van der Waals surface area contributed by atoms with Crippen molar-refractivity contribution in [1.82, 2.24) is 5.32 Å². The van der Waals surface area contributed by atoms with Gasteiger partial charge in [0.2, 0.25) is 11.8 Å². The maximum Gasteiger partial charge on any atom is 0.416 e. The molecule has 1 rings (SSSR count). The van der Waals surface area contributed by atoms with Gasteiger partial charge in [-0.05, 0) is 25.1 Å². The summed E-state index contributed by atoms with van der Waals surface area (Å²) in [6.07, 6.45) is -4.42. The van der Waals surface area contributed by atoms with Gasteiger partial charge in [0.25, 0.3) is 0 Å². The molecule has 110 valence electrons. The van der Waals surface area contributed by atoms with E-state index in [-0.39, 0.29) is 5.75 Å². The third kappa shape index (κ3) is 5.12. The lowest BCUT2D eigenvalue weighted by atomic mass is 10.2. The lowest BCUT2D eigenvalue weighted by Gasteiger charge is -2.10. The molecule has 0 saturated carbocycles. The highest BCUT2D eigenvalue weighted by molar-refractivity contribution is 8.00. The minimum Gasteiger partial charge on any atom is -0.368 e. The number of amides is 2. The summed E-state index contributed by atoms with van der Waals surface area (Å²) >= 11 is 0.948. The number of primary amides is 1. The van der Waals surface area contributed by atoms with E-state index in [0.29, 0.717) is 4.90 Å². The quantitative estimate of drug-likeness (QED) is 0.815. The highest BCUT2D eigenvalue weighted by atomic mass is 32.2. The SMILES string of the molecule is CC(NC(=O)CSc1cccc(C(F)(F)F)c1)C(N)=O. The number of nitrogens with two attached hydrogens (primary N) is 1. The zero-order valence-electron chi connectivity index (χ0n) is 10.5. The largest absolute Gasteiger partial charge is 0.416 e. The molecular formula is C12H13F3N2O2S. The van der Waals surface area contributed by atoms with Crippen LogP contribution in [0, 0.1) is 0 Å². The average Bonchev–Trinajstić information content (AvgIpc) is 2.35. The maximum atomic E-state index is 12.5. The molecule has 4 nitrogen and oxygen atoms in total. The highest BCUT2D eigenvalue weighted by Crippen LogP contribution is 2.31. The number of hydrogen-bond acceptors (Lipinski definition) is 3. The van der Waals surface area contributed by atoms with Crippen LogP contribution in [0.15, 0.2) is 29.2 Å². The van der Waals surface area contributed by atoms with Crippen LogP contribution in [0.2, 0.25) is 0 Å². The summed E-state index contributed by atoms with van der Waals surface area (Å²) in [6.45, 7) is 1.43. The molecule has 0 aliphatic carbocycles. The first-order chi connectivity index (χ1) is 9.20. The molecule has 3 N–H and O–H groups in total. The van der Waals surface area contributed by atoms with Gasteiger partial charge in [-0.2, -0.15) is 13.2 Å². The molecule has 20 heavy (non-hydrogen) atoms. The van der Waals surface area contributed by atoms with Crippen LogP contribution in [0.3, 0.4) is 0 Å². The Labute approximate surface area is 117 Å². The van der Waals surface area contributed by atoms with Gasteiger partial charge in [0.1, 0.15) is 6.04 Å². The molecule has 0 heterocycles. The number of halogens is 3. The minimum atomic E-state index is -4.42. The number of thioether (sulfide) groups is 1. The molecule has 0 bridgehead atoms. The van der Waals surface area contributed by atoms with Crippen LogP contribution in [-0.4, -0.2) is 23.6 Å². The fourth-order valence-electron chi connectivity index (χ4n) is 1.27. The second-order valence-electron chi connectivity index (χ2n) is 4.01. The molecule has 1 atom stereocenters. The Morgan fingerprint density at radius 2 is 2.05 bits per heavy atom. The van der Waals surface area contributed by atoms with E-state index in [4.69, 9.17) is 5.73 Å². The van der Waals surface area contributed by atoms with Crippen molar-refractivity contribution in [3.63, 3.8) is 0 Å². The molecule has 0 aliphatic heterocycles. The van der Waals surface area contributed by atoms with Gasteiger partial charge in [-0.25, -0.2) is 0 Å². The molecule has 2 amide bonds. The first-order valence-electron chi connectivity index (χ1n) is 5.59. The van der Waals surface area contributed by atoms with E-state index >= 15 is 0 Å². The van der Waals surface area contributed by atoms with Crippen molar-refractivity contribution >= 4 is 23.6 Å². The van der Waals surface area contributed by atoms with E-state index in [0.717, 1.165) is 23.9 Å². The second kappa shape index (κ2) is 6.65. The smallest absolute Gasteiger partial charge is 0.368 e. The third-order valence-corrected chi connectivity index (χ3v) is 3.33. The maximum absolute atomic E-state index is 12.5. The predicted octanol–water partition coefficient (Wildman–Crippen LogP) is 1.79. The molecule has 1 aromatic carbocycles. The summed E-state index contributed by atoms with van der Waals surface area (Å²) in [6, 6.07) is 3.86. The Morgan fingerprint density at radius 3 is 2.60 bits per heavy atom. The van der Waals surface area contributed by atoms with Crippen molar-refractivity contribution in [2.24, 2.45) is 5.73 Å². The summed E-state index contributed by atoms with van der Waals surface area (Å²) in [5, 5.41) is 2.34. The predicted molar refractivity (Wildman–Crippen MR) is 69.0 cm³/mol. The normalized spacial score (nSPS) is 12.8. The van der Waals surface area contributed by atoms with Gasteiger partial charge >= 0.3 is 6.18 Å². The standard InChI is InChI=1S/C12H13F3N2O2S/c1-7(11(16)19)17-10(18)6-20-9-4-2-3-8(5-9)12(13,14)15/h2-5,7H,6H2,1H3,(H2,16,19)(H,17,18). The van der Waals surface area contributed by atoms with Gasteiger partial charge < -0.3 is 11.1 Å². The van der Waals surface area contributed by atoms with Crippen LogP contribution >= 0.6 is 11.8 Å². The lowest BCUT2D eigenvalue weighted by molar-refractivity contribution is -0.137. The van der Waals surface area contributed by atoms with Crippen LogP contribution < -0.4 is 11.1 Å². The Hall–Kier alpha value is -1.70. The number of carbonyl (C=O) groups excluding carboxylic acids is 2. The Bertz CT molecular complexity index is 506. The molecule has 0 spiro atoms. The lowest BCUT2D eigenvalue weighted by Crippen LogP contribution is -2.42. The highest BCUT2D eigenvalue weighted by Gasteiger charge is 2.30. The number of nitrogens with one attached hydrogen (secondary N) is 1. The van der Waals surface area contributed by atoms with Crippen LogP contribution in [0.5, 0.6) is 0 Å². The van der Waals surface area contributed by atoms with E-state index in [1.165, 1.54) is 19.1 Å². The number of hydrogen-bond donors (Lipinski definition) is 2. The van der Waals surface area contributed by atoms with E-state index in [1.54, 1.807) is 0 Å². The third-order valence-electron chi connectivity index (χ3n) is 2.34. The summed E-state index contributed by atoms with van der Waals surface area (Å²) < 4.78 is 37.5. The summed E-state index contributed by atoms with van der Waals surface area (Å²) in [5.74, 6) is -1.25. The molecule has 0 aliphatic rings. The van der Waals surface area contributed by atoms with E-state index < -0.39 is 29.6 Å². The molecule has 1 unspecified atom stereocenters. The van der Waals surface area contributed by atoms with Crippen LogP contribution in [0.25, 0.3) is 0 Å².